The monoisotopic (exact) mass is 395 g/mol. The van der Waals surface area contributed by atoms with Crippen molar-refractivity contribution < 1.29 is 13.6 Å². The SMILES string of the molecule is O=C(Nc1ccc(F)cc1F)c1snnc1-c1ccc(Br)cc1. The summed E-state index contributed by atoms with van der Waals surface area (Å²) in [6, 6.07) is 10.1. The highest BCUT2D eigenvalue weighted by molar-refractivity contribution is 9.10. The van der Waals surface area contributed by atoms with Crippen molar-refractivity contribution >= 4 is 39.1 Å². The fourth-order valence-corrected chi connectivity index (χ4v) is 2.75. The standard InChI is InChI=1S/C15H8BrF2N3OS/c16-9-3-1-8(2-4-9)13-14(23-21-20-13)15(22)19-12-6-5-10(17)7-11(12)18/h1-7H,(H,19,22). The first-order valence-corrected chi connectivity index (χ1v) is 7.96. The summed E-state index contributed by atoms with van der Waals surface area (Å²) >= 11 is 4.23. The van der Waals surface area contributed by atoms with Crippen LogP contribution in [0, 0.1) is 11.6 Å². The van der Waals surface area contributed by atoms with Gasteiger partial charge in [-0.1, -0.05) is 32.6 Å². The van der Waals surface area contributed by atoms with E-state index in [0.717, 1.165) is 28.1 Å². The van der Waals surface area contributed by atoms with Gasteiger partial charge in [-0.2, -0.15) is 0 Å². The van der Waals surface area contributed by atoms with Gasteiger partial charge in [-0.25, -0.2) is 8.78 Å². The summed E-state index contributed by atoms with van der Waals surface area (Å²) in [6.45, 7) is 0. The highest BCUT2D eigenvalue weighted by atomic mass is 79.9. The minimum Gasteiger partial charge on any atom is -0.319 e. The minimum absolute atomic E-state index is 0.105. The van der Waals surface area contributed by atoms with Crippen LogP contribution in [0.1, 0.15) is 9.67 Å². The van der Waals surface area contributed by atoms with Crippen molar-refractivity contribution in [1.82, 2.24) is 9.59 Å². The smallest absolute Gasteiger partial charge is 0.269 e. The van der Waals surface area contributed by atoms with Gasteiger partial charge in [-0.05, 0) is 35.8 Å². The number of hydrogen-bond donors (Lipinski definition) is 1. The molecular weight excluding hydrogens is 388 g/mol. The number of carbonyl (C=O) groups is 1. The first-order chi connectivity index (χ1) is 11.0. The fraction of sp³-hybridized carbons (Fsp3) is 0. The van der Waals surface area contributed by atoms with E-state index in [2.05, 4.69) is 30.8 Å². The van der Waals surface area contributed by atoms with Crippen LogP contribution < -0.4 is 5.32 Å². The maximum absolute atomic E-state index is 13.6. The number of benzene rings is 2. The molecule has 0 fully saturated rings. The second kappa shape index (κ2) is 6.51. The number of aromatic nitrogens is 2. The molecule has 4 nitrogen and oxygen atoms in total. The molecule has 3 rings (SSSR count). The zero-order chi connectivity index (χ0) is 16.4. The van der Waals surface area contributed by atoms with Crippen LogP contribution in [-0.2, 0) is 0 Å². The number of amides is 1. The molecule has 1 aromatic heterocycles. The normalized spacial score (nSPS) is 10.6. The van der Waals surface area contributed by atoms with Gasteiger partial charge in [0.05, 0.1) is 5.69 Å². The predicted molar refractivity (Wildman–Crippen MR) is 87.4 cm³/mol. The summed E-state index contributed by atoms with van der Waals surface area (Å²) in [5, 5.41) is 6.36. The molecule has 0 unspecified atom stereocenters. The fourth-order valence-electron chi connectivity index (χ4n) is 1.91. The van der Waals surface area contributed by atoms with Gasteiger partial charge in [0.2, 0.25) is 0 Å². The highest BCUT2D eigenvalue weighted by Gasteiger charge is 2.19. The van der Waals surface area contributed by atoms with Crippen molar-refractivity contribution in [3.63, 3.8) is 0 Å². The topological polar surface area (TPSA) is 54.9 Å². The Labute approximate surface area is 142 Å². The van der Waals surface area contributed by atoms with Gasteiger partial charge in [0, 0.05) is 16.1 Å². The third-order valence-corrected chi connectivity index (χ3v) is 4.24. The van der Waals surface area contributed by atoms with Crippen molar-refractivity contribution in [3.05, 3.63) is 63.4 Å². The van der Waals surface area contributed by atoms with Crippen LogP contribution in [0.5, 0.6) is 0 Å². The van der Waals surface area contributed by atoms with E-state index in [9.17, 15) is 13.6 Å². The molecular formula is C15H8BrF2N3OS. The molecule has 0 aliphatic carbocycles. The van der Waals surface area contributed by atoms with Gasteiger partial charge in [0.25, 0.3) is 5.91 Å². The Morgan fingerprint density at radius 2 is 1.87 bits per heavy atom. The number of nitrogens with one attached hydrogen (secondary N) is 1. The Bertz CT molecular complexity index is 867. The molecule has 0 bridgehead atoms. The molecule has 0 aliphatic rings. The second-order valence-corrected chi connectivity index (χ2v) is 6.21. The van der Waals surface area contributed by atoms with Gasteiger partial charge in [-0.15, -0.1) is 5.10 Å². The lowest BCUT2D eigenvalue weighted by Crippen LogP contribution is -2.12. The molecule has 0 saturated heterocycles. The second-order valence-electron chi connectivity index (χ2n) is 4.54. The van der Waals surface area contributed by atoms with E-state index in [1.165, 1.54) is 0 Å². The molecule has 1 heterocycles. The number of anilines is 1. The van der Waals surface area contributed by atoms with E-state index >= 15 is 0 Å². The van der Waals surface area contributed by atoms with Gasteiger partial charge < -0.3 is 5.32 Å². The quantitative estimate of drug-likeness (QED) is 0.710. The van der Waals surface area contributed by atoms with E-state index in [4.69, 9.17) is 0 Å². The van der Waals surface area contributed by atoms with E-state index in [1.54, 1.807) is 12.1 Å². The summed E-state index contributed by atoms with van der Waals surface area (Å²) < 4.78 is 31.2. The lowest BCUT2D eigenvalue weighted by atomic mass is 10.1. The number of rotatable bonds is 3. The van der Waals surface area contributed by atoms with Gasteiger partial charge in [0.1, 0.15) is 22.2 Å². The van der Waals surface area contributed by atoms with Gasteiger partial charge >= 0.3 is 0 Å². The summed E-state index contributed by atoms with van der Waals surface area (Å²) in [4.78, 5) is 12.6. The van der Waals surface area contributed by atoms with Crippen LogP contribution in [0.25, 0.3) is 11.3 Å². The van der Waals surface area contributed by atoms with Crippen molar-refractivity contribution in [2.24, 2.45) is 0 Å². The zero-order valence-electron chi connectivity index (χ0n) is 11.4. The van der Waals surface area contributed by atoms with Crippen LogP contribution in [0.4, 0.5) is 14.5 Å². The van der Waals surface area contributed by atoms with E-state index < -0.39 is 17.5 Å². The minimum atomic E-state index is -0.846. The molecule has 0 spiro atoms. The summed E-state index contributed by atoms with van der Waals surface area (Å²) in [7, 11) is 0. The predicted octanol–water partition coefficient (Wildman–Crippen LogP) is 4.50. The average molecular weight is 396 g/mol. The summed E-state index contributed by atoms with van der Waals surface area (Å²) in [5.41, 5.74) is 1.01. The lowest BCUT2D eigenvalue weighted by Gasteiger charge is -2.06. The van der Waals surface area contributed by atoms with E-state index in [1.807, 2.05) is 12.1 Å². The van der Waals surface area contributed by atoms with Crippen molar-refractivity contribution in [3.8, 4) is 11.3 Å². The largest absolute Gasteiger partial charge is 0.319 e. The van der Waals surface area contributed by atoms with Crippen molar-refractivity contribution in [2.45, 2.75) is 0 Å². The molecule has 8 heteroatoms. The van der Waals surface area contributed by atoms with Crippen LogP contribution in [0.15, 0.2) is 46.9 Å². The average Bonchev–Trinajstić information content (AvgIpc) is 3.00. The molecule has 1 N–H and O–H groups in total. The molecule has 0 atom stereocenters. The van der Waals surface area contributed by atoms with Crippen LogP contribution in [0.2, 0.25) is 0 Å². The molecule has 0 radical (unpaired) electrons. The lowest BCUT2D eigenvalue weighted by molar-refractivity contribution is 0.103. The van der Waals surface area contributed by atoms with Crippen LogP contribution in [-0.4, -0.2) is 15.5 Å². The first kappa shape index (κ1) is 15.7. The number of hydrogen-bond acceptors (Lipinski definition) is 4. The van der Waals surface area contributed by atoms with Gasteiger partial charge in [0.15, 0.2) is 0 Å². The Morgan fingerprint density at radius 3 is 2.57 bits per heavy atom. The molecule has 1 amide bonds. The van der Waals surface area contributed by atoms with E-state index in [-0.39, 0.29) is 10.6 Å². The summed E-state index contributed by atoms with van der Waals surface area (Å²) in [6.07, 6.45) is 0. The Hall–Kier alpha value is -2.19. The molecule has 3 aromatic rings. The zero-order valence-corrected chi connectivity index (χ0v) is 13.8. The van der Waals surface area contributed by atoms with Crippen LogP contribution in [0.3, 0.4) is 0 Å². The third-order valence-electron chi connectivity index (χ3n) is 2.99. The first-order valence-electron chi connectivity index (χ1n) is 6.39. The number of carbonyl (C=O) groups excluding carboxylic acids is 1. The van der Waals surface area contributed by atoms with Crippen molar-refractivity contribution in [2.75, 3.05) is 5.32 Å². The molecule has 0 saturated carbocycles. The van der Waals surface area contributed by atoms with E-state index in [0.29, 0.717) is 17.3 Å². The molecule has 116 valence electrons. The molecule has 0 aliphatic heterocycles. The summed E-state index contributed by atoms with van der Waals surface area (Å²) in [5.74, 6) is -2.11. The highest BCUT2D eigenvalue weighted by Crippen LogP contribution is 2.26. The Balaban J connectivity index is 1.89. The molecule has 23 heavy (non-hydrogen) atoms. The number of nitrogens with zero attached hydrogens (tertiary/aromatic N) is 2. The third kappa shape index (κ3) is 3.43. The maximum Gasteiger partial charge on any atom is 0.269 e. The van der Waals surface area contributed by atoms with Gasteiger partial charge in [-0.3, -0.25) is 4.79 Å². The maximum atomic E-state index is 13.6. The Kier molecular flexibility index (Phi) is 4.44. The van der Waals surface area contributed by atoms with Crippen molar-refractivity contribution in [1.29, 1.82) is 0 Å². The molecule has 2 aromatic carbocycles. The Morgan fingerprint density at radius 1 is 1.13 bits per heavy atom. The number of halogens is 3. The van der Waals surface area contributed by atoms with Crippen LogP contribution >= 0.6 is 27.5 Å².